The van der Waals surface area contributed by atoms with Crippen LogP contribution < -0.4 is 11.1 Å². The number of nitrogens with two attached hydrogens (primary N) is 1. The van der Waals surface area contributed by atoms with Crippen LogP contribution in [-0.4, -0.2) is 24.3 Å². The van der Waals surface area contributed by atoms with Crippen molar-refractivity contribution < 1.29 is 9.59 Å². The molecule has 0 aromatic rings. The Hall–Kier alpha value is -0.900. The molecule has 94 valence electrons. The molecule has 0 aliphatic heterocycles. The van der Waals surface area contributed by atoms with Gasteiger partial charge in [-0.2, -0.15) is 0 Å². The predicted molar refractivity (Wildman–Crippen MR) is 64.9 cm³/mol. The van der Waals surface area contributed by atoms with Crippen LogP contribution in [0, 0.1) is 11.8 Å². The molecule has 4 nitrogen and oxygen atoms in total. The van der Waals surface area contributed by atoms with Crippen molar-refractivity contribution in [2.45, 2.75) is 52.6 Å². The zero-order valence-corrected chi connectivity index (χ0v) is 10.7. The summed E-state index contributed by atoms with van der Waals surface area (Å²) in [7, 11) is 0. The summed E-state index contributed by atoms with van der Waals surface area (Å²) in [6.07, 6.45) is 2.29. The zero-order valence-electron chi connectivity index (χ0n) is 10.7. The number of hydrogen-bond donors (Lipinski definition) is 2. The van der Waals surface area contributed by atoms with E-state index in [1.807, 2.05) is 27.7 Å². The third-order valence-corrected chi connectivity index (χ3v) is 2.78. The maximum Gasteiger partial charge on any atom is 0.237 e. The Morgan fingerprint density at radius 2 is 1.94 bits per heavy atom. The van der Waals surface area contributed by atoms with Gasteiger partial charge < -0.3 is 15.8 Å². The summed E-state index contributed by atoms with van der Waals surface area (Å²) >= 11 is 0. The van der Waals surface area contributed by atoms with Gasteiger partial charge in [0, 0.05) is 0 Å². The van der Waals surface area contributed by atoms with Gasteiger partial charge >= 0.3 is 0 Å². The number of carbonyl (C=O) groups is 2. The van der Waals surface area contributed by atoms with E-state index in [4.69, 9.17) is 5.73 Å². The van der Waals surface area contributed by atoms with Gasteiger partial charge in [0.15, 0.2) is 0 Å². The molecule has 1 unspecified atom stereocenters. The summed E-state index contributed by atoms with van der Waals surface area (Å²) < 4.78 is 0. The molecule has 0 saturated heterocycles. The van der Waals surface area contributed by atoms with Crippen molar-refractivity contribution in [1.82, 2.24) is 5.32 Å². The van der Waals surface area contributed by atoms with Gasteiger partial charge in [-0.15, -0.1) is 0 Å². The highest BCUT2D eigenvalue weighted by atomic mass is 16.2. The molecule has 0 fully saturated rings. The first-order chi connectivity index (χ1) is 7.42. The molecular weight excluding hydrogens is 204 g/mol. The van der Waals surface area contributed by atoms with Gasteiger partial charge in [-0.25, -0.2) is 0 Å². The Morgan fingerprint density at radius 1 is 1.38 bits per heavy atom. The van der Waals surface area contributed by atoms with Gasteiger partial charge in [0.05, 0.1) is 12.1 Å². The van der Waals surface area contributed by atoms with Gasteiger partial charge in [-0.1, -0.05) is 34.1 Å². The first-order valence-corrected chi connectivity index (χ1v) is 5.93. The summed E-state index contributed by atoms with van der Waals surface area (Å²) in [5.41, 5.74) is 5.78. The standard InChI is InChI=1S/C12H24N2O2/c1-5-9(4)11(13)12(16)14-10(7-15)6-8(2)3/h7-11H,5-6,13H2,1-4H3,(H,14,16)/t9-,10?,11-/m0/s1. The Morgan fingerprint density at radius 3 is 2.31 bits per heavy atom. The van der Waals surface area contributed by atoms with E-state index in [1.54, 1.807) is 0 Å². The van der Waals surface area contributed by atoms with Gasteiger partial charge in [-0.05, 0) is 18.3 Å². The third kappa shape index (κ3) is 5.26. The lowest BCUT2D eigenvalue weighted by atomic mass is 9.98. The molecule has 16 heavy (non-hydrogen) atoms. The highest BCUT2D eigenvalue weighted by Gasteiger charge is 2.22. The summed E-state index contributed by atoms with van der Waals surface area (Å²) in [6.45, 7) is 7.94. The SMILES string of the molecule is CC[C@H](C)[C@H](N)C(=O)NC(C=O)CC(C)C. The normalized spacial score (nSPS) is 16.6. The minimum Gasteiger partial charge on any atom is -0.345 e. The van der Waals surface area contributed by atoms with Crippen LogP contribution in [0.4, 0.5) is 0 Å². The maximum atomic E-state index is 11.7. The minimum absolute atomic E-state index is 0.131. The number of hydrogen-bond acceptors (Lipinski definition) is 3. The average Bonchev–Trinajstić information content (AvgIpc) is 2.25. The van der Waals surface area contributed by atoms with E-state index < -0.39 is 12.1 Å². The quantitative estimate of drug-likeness (QED) is 0.641. The second kappa shape index (κ2) is 7.39. The van der Waals surface area contributed by atoms with E-state index in [1.165, 1.54) is 0 Å². The maximum absolute atomic E-state index is 11.7. The molecule has 1 amide bonds. The fraction of sp³-hybridized carbons (Fsp3) is 0.833. The van der Waals surface area contributed by atoms with E-state index in [2.05, 4.69) is 5.32 Å². The molecule has 0 bridgehead atoms. The number of aldehydes is 1. The minimum atomic E-state index is -0.528. The average molecular weight is 228 g/mol. The van der Waals surface area contributed by atoms with Crippen molar-refractivity contribution in [3.05, 3.63) is 0 Å². The molecule has 0 aromatic heterocycles. The lowest BCUT2D eigenvalue weighted by molar-refractivity contribution is -0.126. The molecule has 0 saturated carbocycles. The Kier molecular flexibility index (Phi) is 6.97. The second-order valence-corrected chi connectivity index (χ2v) is 4.79. The predicted octanol–water partition coefficient (Wildman–Crippen LogP) is 1.09. The van der Waals surface area contributed by atoms with Crippen molar-refractivity contribution >= 4 is 12.2 Å². The molecule has 0 spiro atoms. The van der Waals surface area contributed by atoms with Crippen LogP contribution in [0.3, 0.4) is 0 Å². The van der Waals surface area contributed by atoms with Crippen molar-refractivity contribution in [2.75, 3.05) is 0 Å². The molecule has 3 atom stereocenters. The summed E-state index contributed by atoms with van der Waals surface area (Å²) in [5, 5.41) is 2.68. The van der Waals surface area contributed by atoms with E-state index in [9.17, 15) is 9.59 Å². The molecule has 0 rings (SSSR count). The van der Waals surface area contributed by atoms with Crippen molar-refractivity contribution in [3.8, 4) is 0 Å². The van der Waals surface area contributed by atoms with E-state index in [-0.39, 0.29) is 11.8 Å². The first-order valence-electron chi connectivity index (χ1n) is 5.93. The fourth-order valence-corrected chi connectivity index (χ4v) is 1.45. The summed E-state index contributed by atoms with van der Waals surface area (Å²) in [4.78, 5) is 22.5. The van der Waals surface area contributed by atoms with Crippen LogP contribution in [0.1, 0.15) is 40.5 Å². The lowest BCUT2D eigenvalue weighted by Crippen LogP contribution is -2.49. The summed E-state index contributed by atoms with van der Waals surface area (Å²) in [5.74, 6) is 0.272. The Balaban J connectivity index is 4.24. The van der Waals surface area contributed by atoms with Gasteiger partial charge in [-0.3, -0.25) is 4.79 Å². The van der Waals surface area contributed by atoms with Crippen molar-refractivity contribution in [1.29, 1.82) is 0 Å². The zero-order chi connectivity index (χ0) is 12.7. The van der Waals surface area contributed by atoms with E-state index in [0.29, 0.717) is 12.3 Å². The van der Waals surface area contributed by atoms with Gasteiger partial charge in [0.2, 0.25) is 5.91 Å². The number of nitrogens with one attached hydrogen (secondary N) is 1. The smallest absolute Gasteiger partial charge is 0.237 e. The topological polar surface area (TPSA) is 72.2 Å². The highest BCUT2D eigenvalue weighted by molar-refractivity contribution is 5.84. The van der Waals surface area contributed by atoms with Gasteiger partial charge in [0.25, 0.3) is 0 Å². The number of rotatable bonds is 7. The largest absolute Gasteiger partial charge is 0.345 e. The van der Waals surface area contributed by atoms with Crippen molar-refractivity contribution in [2.24, 2.45) is 17.6 Å². The Labute approximate surface area is 98.0 Å². The van der Waals surface area contributed by atoms with Gasteiger partial charge in [0.1, 0.15) is 6.29 Å². The van der Waals surface area contributed by atoms with Crippen LogP contribution in [0.5, 0.6) is 0 Å². The Bertz CT molecular complexity index is 229. The molecule has 3 N–H and O–H groups in total. The van der Waals surface area contributed by atoms with Crippen LogP contribution >= 0.6 is 0 Å². The van der Waals surface area contributed by atoms with Crippen molar-refractivity contribution in [3.63, 3.8) is 0 Å². The van der Waals surface area contributed by atoms with Crippen LogP contribution in [-0.2, 0) is 9.59 Å². The molecule has 0 aromatic carbocycles. The van der Waals surface area contributed by atoms with Crippen LogP contribution in [0.2, 0.25) is 0 Å². The first kappa shape index (κ1) is 15.1. The molecule has 0 heterocycles. The summed E-state index contributed by atoms with van der Waals surface area (Å²) in [6, 6.07) is -0.942. The highest BCUT2D eigenvalue weighted by Crippen LogP contribution is 2.07. The molecule has 0 aliphatic rings. The number of amides is 1. The number of carbonyl (C=O) groups excluding carboxylic acids is 2. The van der Waals surface area contributed by atoms with E-state index >= 15 is 0 Å². The molecule has 0 aliphatic carbocycles. The fourth-order valence-electron chi connectivity index (χ4n) is 1.45. The van der Waals surface area contributed by atoms with Crippen LogP contribution in [0.25, 0.3) is 0 Å². The molecular formula is C12H24N2O2. The molecule has 4 heteroatoms. The monoisotopic (exact) mass is 228 g/mol. The second-order valence-electron chi connectivity index (χ2n) is 4.79. The van der Waals surface area contributed by atoms with E-state index in [0.717, 1.165) is 12.7 Å². The third-order valence-electron chi connectivity index (χ3n) is 2.78. The van der Waals surface area contributed by atoms with Crippen LogP contribution in [0.15, 0.2) is 0 Å². The lowest BCUT2D eigenvalue weighted by Gasteiger charge is -2.21. The molecule has 0 radical (unpaired) electrons.